The monoisotopic (exact) mass is 284 g/mol. The highest BCUT2D eigenvalue weighted by molar-refractivity contribution is 7.13. The van der Waals surface area contributed by atoms with Gasteiger partial charge in [0.05, 0.1) is 19.2 Å². The molecule has 4 nitrogen and oxygen atoms in total. The van der Waals surface area contributed by atoms with Crippen molar-refractivity contribution in [2.75, 3.05) is 19.1 Å². The lowest BCUT2D eigenvalue weighted by Crippen LogP contribution is -2.39. The van der Waals surface area contributed by atoms with Crippen molar-refractivity contribution < 1.29 is 9.53 Å². The molecule has 0 aliphatic rings. The summed E-state index contributed by atoms with van der Waals surface area (Å²) in [6, 6.07) is 0.395. The van der Waals surface area contributed by atoms with Crippen LogP contribution in [-0.2, 0) is 16.0 Å². The molecule has 108 valence electrons. The van der Waals surface area contributed by atoms with E-state index in [0.29, 0.717) is 18.9 Å². The Morgan fingerprint density at radius 2 is 2.16 bits per heavy atom. The minimum Gasteiger partial charge on any atom is -0.469 e. The molecule has 1 heterocycles. The number of nitrogens with zero attached hydrogens (tertiary/aromatic N) is 2. The summed E-state index contributed by atoms with van der Waals surface area (Å²) >= 11 is 1.62. The quantitative estimate of drug-likeness (QED) is 0.779. The Balaban J connectivity index is 2.66. The van der Waals surface area contributed by atoms with Gasteiger partial charge in [-0.05, 0) is 12.3 Å². The highest BCUT2D eigenvalue weighted by Gasteiger charge is 2.25. The van der Waals surface area contributed by atoms with Gasteiger partial charge in [-0.25, -0.2) is 4.98 Å². The van der Waals surface area contributed by atoms with Gasteiger partial charge in [0.25, 0.3) is 0 Å². The zero-order chi connectivity index (χ0) is 14.6. The number of rotatable bonds is 5. The number of aromatic nitrogens is 1. The second kappa shape index (κ2) is 6.37. The minimum absolute atomic E-state index is 0.189. The average Bonchev–Trinajstić information content (AvgIpc) is 2.81. The Morgan fingerprint density at radius 3 is 2.68 bits per heavy atom. The molecule has 0 radical (unpaired) electrons. The fourth-order valence-corrected chi connectivity index (χ4v) is 2.56. The Labute approximate surface area is 119 Å². The molecular formula is C14H24N2O2S. The second-order valence-corrected chi connectivity index (χ2v) is 6.69. The van der Waals surface area contributed by atoms with Crippen molar-refractivity contribution in [3.05, 3.63) is 11.1 Å². The number of ether oxygens (including phenoxy) is 1. The van der Waals surface area contributed by atoms with Crippen LogP contribution in [0.15, 0.2) is 5.38 Å². The first kappa shape index (κ1) is 16.0. The van der Waals surface area contributed by atoms with Gasteiger partial charge in [0.2, 0.25) is 0 Å². The number of carbonyl (C=O) groups excluding carboxylic acids is 1. The molecule has 5 heteroatoms. The summed E-state index contributed by atoms with van der Waals surface area (Å²) in [4.78, 5) is 17.9. The van der Waals surface area contributed by atoms with Crippen molar-refractivity contribution >= 4 is 22.4 Å². The summed E-state index contributed by atoms with van der Waals surface area (Å²) in [5.74, 6) is -0.189. The molecule has 0 saturated carbocycles. The number of methoxy groups -OCH3 is 1. The van der Waals surface area contributed by atoms with E-state index < -0.39 is 0 Å². The third-order valence-electron chi connectivity index (χ3n) is 3.49. The number of thiazole rings is 1. The van der Waals surface area contributed by atoms with Crippen LogP contribution in [0.5, 0.6) is 0 Å². The number of esters is 1. The smallest absolute Gasteiger partial charge is 0.305 e. The fourth-order valence-electron chi connectivity index (χ4n) is 1.65. The Morgan fingerprint density at radius 1 is 1.53 bits per heavy atom. The molecule has 0 aliphatic carbocycles. The van der Waals surface area contributed by atoms with Crippen molar-refractivity contribution in [1.29, 1.82) is 0 Å². The van der Waals surface area contributed by atoms with Crippen molar-refractivity contribution in [1.82, 2.24) is 4.98 Å². The Hall–Kier alpha value is -1.10. The van der Waals surface area contributed by atoms with Crippen LogP contribution in [0.3, 0.4) is 0 Å². The van der Waals surface area contributed by atoms with Gasteiger partial charge in [-0.2, -0.15) is 0 Å². The van der Waals surface area contributed by atoms with Gasteiger partial charge in [-0.1, -0.05) is 20.8 Å². The maximum atomic E-state index is 11.1. The standard InChI is InChI=1S/C14H24N2O2S/c1-10(14(2,3)4)16(5)13-15-11(9-19-13)7-8-12(17)18-6/h9-10H,7-8H2,1-6H3. The maximum absolute atomic E-state index is 11.1. The van der Waals surface area contributed by atoms with Gasteiger partial charge in [0, 0.05) is 24.9 Å². The van der Waals surface area contributed by atoms with Crippen LogP contribution in [0.1, 0.15) is 39.8 Å². The number of carbonyl (C=O) groups is 1. The summed E-state index contributed by atoms with van der Waals surface area (Å²) in [7, 11) is 3.48. The third kappa shape index (κ3) is 4.49. The molecular weight excluding hydrogens is 260 g/mol. The van der Waals surface area contributed by atoms with Gasteiger partial charge < -0.3 is 9.64 Å². The summed E-state index contributed by atoms with van der Waals surface area (Å²) < 4.78 is 4.64. The van der Waals surface area contributed by atoms with Crippen LogP contribution in [0.2, 0.25) is 0 Å². The van der Waals surface area contributed by atoms with Crippen LogP contribution in [0.4, 0.5) is 5.13 Å². The van der Waals surface area contributed by atoms with Gasteiger partial charge in [0.1, 0.15) is 0 Å². The minimum atomic E-state index is -0.189. The molecule has 0 saturated heterocycles. The first-order valence-corrected chi connectivity index (χ1v) is 7.37. The summed E-state index contributed by atoms with van der Waals surface area (Å²) in [6.45, 7) is 8.87. The summed E-state index contributed by atoms with van der Waals surface area (Å²) in [5, 5.41) is 3.02. The zero-order valence-corrected chi connectivity index (χ0v) is 13.5. The topological polar surface area (TPSA) is 42.4 Å². The molecule has 1 rings (SSSR count). The van der Waals surface area contributed by atoms with Crippen LogP contribution >= 0.6 is 11.3 Å². The maximum Gasteiger partial charge on any atom is 0.305 e. The van der Waals surface area contributed by atoms with E-state index in [4.69, 9.17) is 0 Å². The second-order valence-electron chi connectivity index (χ2n) is 5.85. The molecule has 1 atom stereocenters. The SMILES string of the molecule is COC(=O)CCc1csc(N(C)C(C)C(C)(C)C)n1. The number of hydrogen-bond donors (Lipinski definition) is 0. The third-order valence-corrected chi connectivity index (χ3v) is 4.47. The summed E-state index contributed by atoms with van der Waals surface area (Å²) in [5.41, 5.74) is 1.16. The molecule has 0 bridgehead atoms. The average molecular weight is 284 g/mol. The van der Waals surface area contributed by atoms with Crippen LogP contribution in [0.25, 0.3) is 0 Å². The lowest BCUT2D eigenvalue weighted by Gasteiger charge is -2.35. The van der Waals surface area contributed by atoms with Gasteiger partial charge >= 0.3 is 5.97 Å². The van der Waals surface area contributed by atoms with Crippen LogP contribution in [-0.4, -0.2) is 31.2 Å². The van der Waals surface area contributed by atoms with Crippen molar-refractivity contribution in [3.8, 4) is 0 Å². The molecule has 0 aromatic carbocycles. The van der Waals surface area contributed by atoms with E-state index in [1.807, 2.05) is 5.38 Å². The number of hydrogen-bond acceptors (Lipinski definition) is 5. The first-order chi connectivity index (χ1) is 8.75. The van der Waals surface area contributed by atoms with Crippen molar-refractivity contribution in [3.63, 3.8) is 0 Å². The predicted octanol–water partition coefficient (Wildman–Crippen LogP) is 3.12. The largest absolute Gasteiger partial charge is 0.469 e. The van der Waals surface area contributed by atoms with E-state index >= 15 is 0 Å². The van der Waals surface area contributed by atoms with E-state index in [1.54, 1.807) is 11.3 Å². The highest BCUT2D eigenvalue weighted by Crippen LogP contribution is 2.29. The molecule has 0 aliphatic heterocycles. The van der Waals surface area contributed by atoms with Crippen molar-refractivity contribution in [2.24, 2.45) is 5.41 Å². The molecule has 0 N–H and O–H groups in total. The molecule has 0 spiro atoms. The lowest BCUT2D eigenvalue weighted by atomic mass is 9.87. The Kier molecular flexibility index (Phi) is 5.35. The van der Waals surface area contributed by atoms with E-state index in [2.05, 4.69) is 49.4 Å². The normalized spacial score (nSPS) is 13.2. The molecule has 1 unspecified atom stereocenters. The number of anilines is 1. The Bertz CT molecular complexity index is 423. The van der Waals surface area contributed by atoms with Crippen molar-refractivity contribution in [2.45, 2.75) is 46.6 Å². The van der Waals surface area contributed by atoms with E-state index in [-0.39, 0.29) is 11.4 Å². The van der Waals surface area contributed by atoms with Gasteiger partial charge in [-0.15, -0.1) is 11.3 Å². The van der Waals surface area contributed by atoms with E-state index in [9.17, 15) is 4.79 Å². The van der Waals surface area contributed by atoms with Gasteiger partial charge in [0.15, 0.2) is 5.13 Å². The van der Waals surface area contributed by atoms with E-state index in [1.165, 1.54) is 7.11 Å². The summed E-state index contributed by atoms with van der Waals surface area (Å²) in [6.07, 6.45) is 1.03. The van der Waals surface area contributed by atoms with Crippen LogP contribution in [0, 0.1) is 5.41 Å². The van der Waals surface area contributed by atoms with Crippen LogP contribution < -0.4 is 4.90 Å². The van der Waals surface area contributed by atoms with Gasteiger partial charge in [-0.3, -0.25) is 4.79 Å². The zero-order valence-electron chi connectivity index (χ0n) is 12.7. The number of aryl methyl sites for hydroxylation is 1. The molecule has 1 aromatic heterocycles. The van der Waals surface area contributed by atoms with E-state index in [0.717, 1.165) is 10.8 Å². The highest BCUT2D eigenvalue weighted by atomic mass is 32.1. The molecule has 19 heavy (non-hydrogen) atoms. The molecule has 1 aromatic rings. The molecule has 0 fully saturated rings. The molecule has 0 amide bonds. The lowest BCUT2D eigenvalue weighted by molar-refractivity contribution is -0.140. The predicted molar refractivity (Wildman–Crippen MR) is 79.8 cm³/mol. The first-order valence-electron chi connectivity index (χ1n) is 6.49. The fraction of sp³-hybridized carbons (Fsp3) is 0.714.